The third-order valence-corrected chi connectivity index (χ3v) is 4.94. The van der Waals surface area contributed by atoms with Crippen LogP contribution < -0.4 is 11.2 Å². The van der Waals surface area contributed by atoms with E-state index in [-0.39, 0.29) is 16.7 Å². The molecule has 0 unspecified atom stereocenters. The van der Waals surface area contributed by atoms with Crippen molar-refractivity contribution in [3.05, 3.63) is 32.6 Å². The van der Waals surface area contributed by atoms with Crippen LogP contribution in [-0.4, -0.2) is 20.6 Å². The first kappa shape index (κ1) is 13.6. The lowest BCUT2D eigenvalue weighted by Gasteiger charge is -2.07. The summed E-state index contributed by atoms with van der Waals surface area (Å²) in [4.78, 5) is 36.0. The standard InChI is InChI=1S/C13H18N2O4/c1-12(2)8(13(12,3)4)6-15-5-7(10(17)18)9(16)14-11(15)19/h5,8H,6H2,1-4H3,(H,17,18)(H,14,16,19). The second-order valence-corrected chi connectivity index (χ2v) is 6.26. The van der Waals surface area contributed by atoms with E-state index in [1.165, 1.54) is 4.57 Å². The number of hydrogen-bond donors (Lipinski definition) is 2. The third kappa shape index (κ3) is 1.91. The molecule has 0 aromatic carbocycles. The Hall–Kier alpha value is -1.85. The first-order chi connectivity index (χ1) is 8.59. The van der Waals surface area contributed by atoms with Crippen molar-refractivity contribution in [2.45, 2.75) is 34.2 Å². The number of rotatable bonds is 3. The maximum atomic E-state index is 11.7. The van der Waals surface area contributed by atoms with Gasteiger partial charge in [0.1, 0.15) is 5.56 Å². The number of hydrogen-bond acceptors (Lipinski definition) is 3. The van der Waals surface area contributed by atoms with E-state index in [1.807, 2.05) is 4.98 Å². The molecule has 19 heavy (non-hydrogen) atoms. The summed E-state index contributed by atoms with van der Waals surface area (Å²) in [7, 11) is 0. The molecule has 1 aromatic rings. The van der Waals surface area contributed by atoms with Crippen LogP contribution in [0.4, 0.5) is 0 Å². The van der Waals surface area contributed by atoms with E-state index in [0.717, 1.165) is 6.20 Å². The van der Waals surface area contributed by atoms with Gasteiger partial charge in [0, 0.05) is 12.7 Å². The highest BCUT2D eigenvalue weighted by atomic mass is 16.4. The number of nitrogens with zero attached hydrogens (tertiary/aromatic N) is 1. The maximum absolute atomic E-state index is 11.7. The van der Waals surface area contributed by atoms with Gasteiger partial charge in [-0.2, -0.15) is 0 Å². The number of aromatic amines is 1. The number of aromatic nitrogens is 2. The molecular formula is C13H18N2O4. The van der Waals surface area contributed by atoms with Crippen LogP contribution in [0.2, 0.25) is 0 Å². The zero-order chi connectivity index (χ0) is 14.6. The zero-order valence-corrected chi connectivity index (χ0v) is 11.5. The summed E-state index contributed by atoms with van der Waals surface area (Å²) in [5.74, 6) is -1.06. The molecule has 2 rings (SSSR count). The van der Waals surface area contributed by atoms with Crippen LogP contribution in [0.3, 0.4) is 0 Å². The van der Waals surface area contributed by atoms with Gasteiger partial charge in [0.25, 0.3) is 5.56 Å². The van der Waals surface area contributed by atoms with Crippen molar-refractivity contribution in [1.82, 2.24) is 9.55 Å². The second kappa shape index (κ2) is 3.82. The van der Waals surface area contributed by atoms with Gasteiger partial charge in [-0.05, 0) is 16.7 Å². The second-order valence-electron chi connectivity index (χ2n) is 6.26. The predicted octanol–water partition coefficient (Wildman–Crippen LogP) is 0.917. The molecule has 6 heteroatoms. The Morgan fingerprint density at radius 3 is 2.26 bits per heavy atom. The SMILES string of the molecule is CC1(C)C(Cn2cc(C(=O)O)c(=O)[nH]c2=O)C1(C)C. The molecule has 1 fully saturated rings. The van der Waals surface area contributed by atoms with Gasteiger partial charge >= 0.3 is 11.7 Å². The average Bonchev–Trinajstić information content (AvgIpc) is 2.63. The molecule has 0 spiro atoms. The summed E-state index contributed by atoms with van der Waals surface area (Å²) < 4.78 is 1.28. The molecule has 1 saturated carbocycles. The molecule has 6 nitrogen and oxygen atoms in total. The lowest BCUT2D eigenvalue weighted by atomic mass is 10.0. The van der Waals surface area contributed by atoms with Gasteiger partial charge < -0.3 is 5.11 Å². The van der Waals surface area contributed by atoms with Crippen molar-refractivity contribution in [3.8, 4) is 0 Å². The van der Waals surface area contributed by atoms with Crippen molar-refractivity contribution in [1.29, 1.82) is 0 Å². The third-order valence-electron chi connectivity index (χ3n) is 4.94. The fourth-order valence-electron chi connectivity index (χ4n) is 2.78. The highest BCUT2D eigenvalue weighted by molar-refractivity contribution is 5.86. The minimum atomic E-state index is -1.33. The highest BCUT2D eigenvalue weighted by Crippen LogP contribution is 2.68. The highest BCUT2D eigenvalue weighted by Gasteiger charge is 2.64. The van der Waals surface area contributed by atoms with Crippen LogP contribution in [0.15, 0.2) is 15.8 Å². The van der Waals surface area contributed by atoms with E-state index < -0.39 is 22.8 Å². The Morgan fingerprint density at radius 2 is 1.84 bits per heavy atom. The molecule has 0 radical (unpaired) electrons. The molecule has 0 saturated heterocycles. The van der Waals surface area contributed by atoms with Crippen molar-refractivity contribution in [2.75, 3.05) is 0 Å². The van der Waals surface area contributed by atoms with E-state index in [2.05, 4.69) is 27.7 Å². The number of carboxylic acid groups (broad SMARTS) is 1. The lowest BCUT2D eigenvalue weighted by Crippen LogP contribution is -2.34. The van der Waals surface area contributed by atoms with Gasteiger partial charge in [-0.15, -0.1) is 0 Å². The molecule has 104 valence electrons. The normalized spacial score (nSPS) is 20.2. The molecule has 2 N–H and O–H groups in total. The van der Waals surface area contributed by atoms with Crippen molar-refractivity contribution < 1.29 is 9.90 Å². The summed E-state index contributed by atoms with van der Waals surface area (Å²) in [5, 5.41) is 8.90. The van der Waals surface area contributed by atoms with Crippen LogP contribution >= 0.6 is 0 Å². The first-order valence-electron chi connectivity index (χ1n) is 6.16. The van der Waals surface area contributed by atoms with Gasteiger partial charge in [-0.25, -0.2) is 9.59 Å². The number of aromatic carboxylic acids is 1. The predicted molar refractivity (Wildman–Crippen MR) is 69.3 cm³/mol. The lowest BCUT2D eigenvalue weighted by molar-refractivity contribution is 0.0693. The summed E-state index contributed by atoms with van der Waals surface area (Å²) in [5.41, 5.74) is -1.65. The van der Waals surface area contributed by atoms with Gasteiger partial charge in [0.2, 0.25) is 0 Å². The van der Waals surface area contributed by atoms with Crippen LogP contribution in [0.1, 0.15) is 38.1 Å². The van der Waals surface area contributed by atoms with Crippen LogP contribution in [0.5, 0.6) is 0 Å². The quantitative estimate of drug-likeness (QED) is 0.850. The van der Waals surface area contributed by atoms with Gasteiger partial charge in [-0.3, -0.25) is 14.3 Å². The summed E-state index contributed by atoms with van der Waals surface area (Å²) in [6, 6.07) is 0. The maximum Gasteiger partial charge on any atom is 0.342 e. The molecule has 1 heterocycles. The Balaban J connectivity index is 2.38. The Bertz CT molecular complexity index is 637. The largest absolute Gasteiger partial charge is 0.477 e. The Kier molecular flexibility index (Phi) is 2.73. The van der Waals surface area contributed by atoms with E-state index in [0.29, 0.717) is 6.54 Å². The molecule has 1 aromatic heterocycles. The van der Waals surface area contributed by atoms with Gasteiger partial charge in [0.15, 0.2) is 0 Å². The summed E-state index contributed by atoms with van der Waals surface area (Å²) >= 11 is 0. The fraction of sp³-hybridized carbons (Fsp3) is 0.615. The Labute approximate surface area is 110 Å². The molecule has 1 aliphatic rings. The van der Waals surface area contributed by atoms with Gasteiger partial charge in [-0.1, -0.05) is 27.7 Å². The van der Waals surface area contributed by atoms with Crippen molar-refractivity contribution in [3.63, 3.8) is 0 Å². The van der Waals surface area contributed by atoms with E-state index in [4.69, 9.17) is 5.11 Å². The van der Waals surface area contributed by atoms with Crippen LogP contribution in [-0.2, 0) is 6.54 Å². The topological polar surface area (TPSA) is 92.2 Å². The van der Waals surface area contributed by atoms with E-state index >= 15 is 0 Å². The van der Waals surface area contributed by atoms with E-state index in [1.54, 1.807) is 0 Å². The van der Waals surface area contributed by atoms with E-state index in [9.17, 15) is 14.4 Å². The first-order valence-corrected chi connectivity index (χ1v) is 6.16. The summed E-state index contributed by atoms with van der Waals surface area (Å²) in [6.45, 7) is 8.88. The Morgan fingerprint density at radius 1 is 1.32 bits per heavy atom. The molecule has 0 atom stereocenters. The van der Waals surface area contributed by atoms with Crippen LogP contribution in [0, 0.1) is 16.7 Å². The van der Waals surface area contributed by atoms with Crippen LogP contribution in [0.25, 0.3) is 0 Å². The number of carboxylic acids is 1. The minimum Gasteiger partial charge on any atom is -0.477 e. The number of nitrogens with one attached hydrogen (secondary N) is 1. The zero-order valence-electron chi connectivity index (χ0n) is 11.5. The number of H-pyrrole nitrogens is 1. The summed E-state index contributed by atoms with van der Waals surface area (Å²) in [6.07, 6.45) is 1.13. The molecule has 1 aliphatic carbocycles. The molecule has 0 bridgehead atoms. The van der Waals surface area contributed by atoms with Gasteiger partial charge in [0.05, 0.1) is 0 Å². The monoisotopic (exact) mass is 266 g/mol. The molecule has 0 aliphatic heterocycles. The molecular weight excluding hydrogens is 248 g/mol. The number of carbonyl (C=O) groups is 1. The molecule has 0 amide bonds. The minimum absolute atomic E-state index is 0.0892. The smallest absolute Gasteiger partial charge is 0.342 e. The van der Waals surface area contributed by atoms with Crippen molar-refractivity contribution >= 4 is 5.97 Å². The average molecular weight is 266 g/mol. The van der Waals surface area contributed by atoms with Crippen molar-refractivity contribution in [2.24, 2.45) is 16.7 Å². The fourth-order valence-corrected chi connectivity index (χ4v) is 2.78.